The van der Waals surface area contributed by atoms with Crippen molar-refractivity contribution in [1.29, 1.82) is 0 Å². The number of aromatic amines is 1. The molecule has 6 nitrogen and oxygen atoms in total. The molecule has 0 aliphatic rings. The second-order valence-corrected chi connectivity index (χ2v) is 5.96. The number of nitrogens with one attached hydrogen (secondary N) is 3. The molecule has 2 heterocycles. The Morgan fingerprint density at radius 3 is 2.38 bits per heavy atom. The first-order chi connectivity index (χ1) is 13.7. The summed E-state index contributed by atoms with van der Waals surface area (Å²) in [6.07, 6.45) is -1.97. The number of pyridine rings is 2. The number of amides is 2. The van der Waals surface area contributed by atoms with Gasteiger partial charge in [0.2, 0.25) is 5.56 Å². The molecule has 150 valence electrons. The van der Waals surface area contributed by atoms with E-state index in [1.165, 1.54) is 30.6 Å². The number of aromatic nitrogens is 2. The molecule has 0 aliphatic carbocycles. The maximum absolute atomic E-state index is 14.3. The number of carbonyl (C=O) groups is 1. The van der Waals surface area contributed by atoms with Gasteiger partial charge in [0, 0.05) is 18.5 Å². The van der Waals surface area contributed by atoms with Crippen LogP contribution in [-0.2, 0) is 6.18 Å². The smallest absolute Gasteiger partial charge is 0.327 e. The summed E-state index contributed by atoms with van der Waals surface area (Å²) in [4.78, 5) is 29.7. The summed E-state index contributed by atoms with van der Waals surface area (Å²) in [6.45, 7) is 0. The fraction of sp³-hybridized carbons (Fsp3) is 0.105. The summed E-state index contributed by atoms with van der Waals surface area (Å²) in [6, 6.07) is 7.06. The van der Waals surface area contributed by atoms with Gasteiger partial charge >= 0.3 is 12.2 Å². The van der Waals surface area contributed by atoms with Gasteiger partial charge in [-0.25, -0.2) is 9.18 Å². The molecule has 2 amide bonds. The standard InChI is InChI=1S/C19H14F4N4O2/c20-14-2-1-9-24-17(14)16(11-3-5-12(6-4-11)19(21,22)23)27-18(29)26-13-7-8-15(28)25-10-13/h1-10,16H,(H,25,28)(H2,26,27,29). The summed E-state index contributed by atoms with van der Waals surface area (Å²) in [7, 11) is 0. The van der Waals surface area contributed by atoms with Gasteiger partial charge in [-0.3, -0.25) is 9.78 Å². The van der Waals surface area contributed by atoms with Crippen molar-refractivity contribution in [3.63, 3.8) is 0 Å². The minimum absolute atomic E-state index is 0.163. The molecule has 0 saturated heterocycles. The van der Waals surface area contributed by atoms with Crippen LogP contribution in [0.3, 0.4) is 0 Å². The summed E-state index contributed by atoms with van der Waals surface area (Å²) in [5, 5.41) is 4.93. The van der Waals surface area contributed by atoms with Gasteiger partial charge in [-0.15, -0.1) is 0 Å². The number of halogens is 4. The van der Waals surface area contributed by atoms with Crippen molar-refractivity contribution < 1.29 is 22.4 Å². The molecule has 3 aromatic rings. The lowest BCUT2D eigenvalue weighted by atomic mass is 10.0. The van der Waals surface area contributed by atoms with Gasteiger partial charge in [0.05, 0.1) is 11.3 Å². The van der Waals surface area contributed by atoms with Gasteiger partial charge < -0.3 is 15.6 Å². The summed E-state index contributed by atoms with van der Waals surface area (Å²) >= 11 is 0. The van der Waals surface area contributed by atoms with Crippen LogP contribution < -0.4 is 16.2 Å². The van der Waals surface area contributed by atoms with Crippen LogP contribution in [0.25, 0.3) is 0 Å². The Morgan fingerprint density at radius 2 is 1.79 bits per heavy atom. The number of urea groups is 1. The lowest BCUT2D eigenvalue weighted by molar-refractivity contribution is -0.137. The molecule has 0 radical (unpaired) electrons. The molecular weight excluding hydrogens is 392 g/mol. The Hall–Kier alpha value is -3.69. The number of hydrogen-bond acceptors (Lipinski definition) is 3. The highest BCUT2D eigenvalue weighted by molar-refractivity contribution is 5.89. The van der Waals surface area contributed by atoms with Crippen LogP contribution in [0.1, 0.15) is 22.9 Å². The molecule has 0 bridgehead atoms. The number of benzene rings is 1. The largest absolute Gasteiger partial charge is 0.416 e. The second kappa shape index (κ2) is 8.13. The quantitative estimate of drug-likeness (QED) is 0.576. The molecule has 3 N–H and O–H groups in total. The van der Waals surface area contributed by atoms with Crippen molar-refractivity contribution in [3.05, 3.63) is 93.9 Å². The number of carbonyl (C=O) groups excluding carboxylic acids is 1. The topological polar surface area (TPSA) is 86.9 Å². The van der Waals surface area contributed by atoms with E-state index in [0.29, 0.717) is 0 Å². The van der Waals surface area contributed by atoms with Crippen molar-refractivity contribution in [2.24, 2.45) is 0 Å². The molecule has 1 aromatic carbocycles. The molecule has 0 spiro atoms. The molecule has 2 aromatic heterocycles. The highest BCUT2D eigenvalue weighted by Crippen LogP contribution is 2.31. The maximum Gasteiger partial charge on any atom is 0.416 e. The van der Waals surface area contributed by atoms with Gasteiger partial charge in [-0.05, 0) is 35.9 Å². The van der Waals surface area contributed by atoms with Crippen LogP contribution in [0, 0.1) is 5.82 Å². The average molecular weight is 406 g/mol. The van der Waals surface area contributed by atoms with Crippen molar-refractivity contribution in [2.75, 3.05) is 5.32 Å². The first kappa shape index (κ1) is 20.1. The molecule has 3 rings (SSSR count). The normalized spacial score (nSPS) is 12.3. The molecular formula is C19H14F4N4O2. The van der Waals surface area contributed by atoms with Crippen LogP contribution in [0.4, 0.5) is 28.0 Å². The van der Waals surface area contributed by atoms with Gasteiger partial charge in [0.15, 0.2) is 0 Å². The van der Waals surface area contributed by atoms with E-state index < -0.39 is 29.6 Å². The minimum Gasteiger partial charge on any atom is -0.327 e. The number of hydrogen-bond donors (Lipinski definition) is 3. The van der Waals surface area contributed by atoms with Crippen molar-refractivity contribution in [1.82, 2.24) is 15.3 Å². The molecule has 0 fully saturated rings. The zero-order valence-electron chi connectivity index (χ0n) is 14.6. The number of rotatable bonds is 4. The summed E-state index contributed by atoms with van der Waals surface area (Å²) < 4.78 is 52.7. The highest BCUT2D eigenvalue weighted by atomic mass is 19.4. The van der Waals surface area contributed by atoms with E-state index in [1.807, 2.05) is 0 Å². The maximum atomic E-state index is 14.3. The fourth-order valence-electron chi connectivity index (χ4n) is 2.57. The second-order valence-electron chi connectivity index (χ2n) is 5.96. The van der Waals surface area contributed by atoms with Crippen LogP contribution in [0.2, 0.25) is 0 Å². The van der Waals surface area contributed by atoms with Crippen LogP contribution in [0.5, 0.6) is 0 Å². The lowest BCUT2D eigenvalue weighted by Gasteiger charge is -2.20. The van der Waals surface area contributed by atoms with Gasteiger partial charge in [-0.1, -0.05) is 12.1 Å². The number of alkyl halides is 3. The van der Waals surface area contributed by atoms with E-state index in [4.69, 9.17) is 0 Å². The number of nitrogens with zero attached hydrogens (tertiary/aromatic N) is 1. The van der Waals surface area contributed by atoms with Crippen molar-refractivity contribution in [2.45, 2.75) is 12.2 Å². The average Bonchev–Trinajstić information content (AvgIpc) is 2.68. The first-order valence-corrected chi connectivity index (χ1v) is 8.28. The fourth-order valence-corrected chi connectivity index (χ4v) is 2.57. The Balaban J connectivity index is 1.89. The predicted octanol–water partition coefficient (Wildman–Crippen LogP) is 3.84. The van der Waals surface area contributed by atoms with Crippen LogP contribution in [0.15, 0.2) is 65.7 Å². The van der Waals surface area contributed by atoms with E-state index in [-0.39, 0.29) is 22.5 Å². The van der Waals surface area contributed by atoms with E-state index in [1.54, 1.807) is 0 Å². The van der Waals surface area contributed by atoms with Crippen LogP contribution in [-0.4, -0.2) is 16.0 Å². The van der Waals surface area contributed by atoms with Gasteiger partial charge in [0.1, 0.15) is 17.6 Å². The number of H-pyrrole nitrogens is 1. The van der Waals surface area contributed by atoms with E-state index >= 15 is 0 Å². The Bertz CT molecular complexity index is 1040. The highest BCUT2D eigenvalue weighted by Gasteiger charge is 2.31. The molecule has 1 atom stereocenters. The third kappa shape index (κ3) is 4.98. The third-order valence-corrected chi connectivity index (χ3v) is 3.95. The monoisotopic (exact) mass is 406 g/mol. The molecule has 29 heavy (non-hydrogen) atoms. The zero-order valence-corrected chi connectivity index (χ0v) is 14.6. The molecule has 0 saturated carbocycles. The Morgan fingerprint density at radius 1 is 1.07 bits per heavy atom. The van der Waals surface area contributed by atoms with E-state index in [9.17, 15) is 27.2 Å². The SMILES string of the molecule is O=C(Nc1ccc(=O)[nH]c1)NC(c1ccc(C(F)(F)F)cc1)c1ncccc1F. The third-order valence-electron chi connectivity index (χ3n) is 3.95. The summed E-state index contributed by atoms with van der Waals surface area (Å²) in [5.74, 6) is -0.735. The zero-order chi connectivity index (χ0) is 21.0. The van der Waals surface area contributed by atoms with E-state index in [0.717, 1.165) is 30.3 Å². The first-order valence-electron chi connectivity index (χ1n) is 8.28. The van der Waals surface area contributed by atoms with Gasteiger partial charge in [-0.2, -0.15) is 13.2 Å². The van der Waals surface area contributed by atoms with Crippen molar-refractivity contribution in [3.8, 4) is 0 Å². The predicted molar refractivity (Wildman–Crippen MR) is 96.7 cm³/mol. The Kier molecular flexibility index (Phi) is 5.62. The molecule has 0 aliphatic heterocycles. The summed E-state index contributed by atoms with van der Waals surface area (Å²) in [5.41, 5.74) is -0.945. The van der Waals surface area contributed by atoms with Crippen molar-refractivity contribution >= 4 is 11.7 Å². The van der Waals surface area contributed by atoms with E-state index in [2.05, 4.69) is 20.6 Å². The minimum atomic E-state index is -4.53. The lowest BCUT2D eigenvalue weighted by Crippen LogP contribution is -2.34. The molecule has 10 heteroatoms. The Labute approximate surface area is 161 Å². The number of anilines is 1. The molecule has 1 unspecified atom stereocenters. The van der Waals surface area contributed by atoms with Crippen LogP contribution >= 0.6 is 0 Å². The van der Waals surface area contributed by atoms with Gasteiger partial charge in [0.25, 0.3) is 0 Å².